The fraction of sp³-hybridized carbons (Fsp3) is 0.105. The standard InChI is InChI=1S/C19H16N4OS2/c1-13-17(26-19(21-13)15-6-9-25-12-15)18(24)22-16-5-2-4-14(10-16)11-23-8-3-7-20-23/h2-10,12H,11H2,1H3,(H,22,24). The predicted octanol–water partition coefficient (Wildman–Crippen LogP) is 4.68. The van der Waals surface area contributed by atoms with Gasteiger partial charge in [0.25, 0.3) is 5.91 Å². The molecule has 3 heterocycles. The molecule has 4 rings (SSSR count). The number of thiazole rings is 1. The average Bonchev–Trinajstić information content (AvgIpc) is 3.36. The maximum absolute atomic E-state index is 12.7. The number of amides is 1. The average molecular weight is 380 g/mol. The molecule has 0 fully saturated rings. The lowest BCUT2D eigenvalue weighted by Gasteiger charge is -2.07. The van der Waals surface area contributed by atoms with Crippen LogP contribution in [0, 0.1) is 6.92 Å². The highest BCUT2D eigenvalue weighted by Crippen LogP contribution is 2.30. The quantitative estimate of drug-likeness (QED) is 0.547. The fourth-order valence-electron chi connectivity index (χ4n) is 2.63. The number of carbonyl (C=O) groups excluding carboxylic acids is 1. The normalized spacial score (nSPS) is 10.8. The Kier molecular flexibility index (Phi) is 4.64. The van der Waals surface area contributed by atoms with Gasteiger partial charge in [-0.25, -0.2) is 4.98 Å². The molecule has 0 radical (unpaired) electrons. The van der Waals surface area contributed by atoms with Crippen molar-refractivity contribution in [1.82, 2.24) is 14.8 Å². The van der Waals surface area contributed by atoms with E-state index in [-0.39, 0.29) is 5.91 Å². The van der Waals surface area contributed by atoms with Crippen LogP contribution >= 0.6 is 22.7 Å². The molecule has 1 N–H and O–H groups in total. The SMILES string of the molecule is Cc1nc(-c2ccsc2)sc1C(=O)Nc1cccc(Cn2cccn2)c1. The minimum absolute atomic E-state index is 0.127. The van der Waals surface area contributed by atoms with Gasteiger partial charge in [0.05, 0.1) is 12.2 Å². The zero-order valence-electron chi connectivity index (χ0n) is 14.0. The Hall–Kier alpha value is -2.77. The molecular weight excluding hydrogens is 364 g/mol. The molecular formula is C19H16N4OS2. The Balaban J connectivity index is 1.51. The number of aryl methyl sites for hydroxylation is 1. The van der Waals surface area contributed by atoms with E-state index in [1.807, 2.05) is 65.0 Å². The summed E-state index contributed by atoms with van der Waals surface area (Å²) in [4.78, 5) is 17.9. The third kappa shape index (κ3) is 3.58. The Bertz CT molecular complexity index is 1020. The molecule has 26 heavy (non-hydrogen) atoms. The van der Waals surface area contributed by atoms with E-state index in [1.165, 1.54) is 11.3 Å². The smallest absolute Gasteiger partial charge is 0.267 e. The van der Waals surface area contributed by atoms with Crippen molar-refractivity contribution < 1.29 is 4.79 Å². The topological polar surface area (TPSA) is 59.8 Å². The molecule has 0 atom stereocenters. The van der Waals surface area contributed by atoms with Gasteiger partial charge in [0.15, 0.2) is 0 Å². The van der Waals surface area contributed by atoms with Gasteiger partial charge in [0.2, 0.25) is 0 Å². The summed E-state index contributed by atoms with van der Waals surface area (Å²) in [6, 6.07) is 11.7. The third-order valence-electron chi connectivity index (χ3n) is 3.86. The molecule has 0 bridgehead atoms. The molecule has 0 spiro atoms. The van der Waals surface area contributed by atoms with E-state index >= 15 is 0 Å². The summed E-state index contributed by atoms with van der Waals surface area (Å²) in [6.45, 7) is 2.54. The van der Waals surface area contributed by atoms with Crippen LogP contribution in [-0.4, -0.2) is 20.7 Å². The van der Waals surface area contributed by atoms with Crippen LogP contribution in [0.25, 0.3) is 10.6 Å². The minimum atomic E-state index is -0.127. The molecule has 1 aromatic carbocycles. The van der Waals surface area contributed by atoms with Crippen LogP contribution in [0.4, 0.5) is 5.69 Å². The van der Waals surface area contributed by atoms with Crippen LogP contribution in [-0.2, 0) is 6.54 Å². The lowest BCUT2D eigenvalue weighted by Crippen LogP contribution is -2.12. The zero-order valence-corrected chi connectivity index (χ0v) is 15.7. The van der Waals surface area contributed by atoms with Crippen molar-refractivity contribution in [3.63, 3.8) is 0 Å². The second-order valence-electron chi connectivity index (χ2n) is 5.80. The molecule has 0 unspecified atom stereocenters. The zero-order chi connectivity index (χ0) is 17.9. The predicted molar refractivity (Wildman–Crippen MR) is 106 cm³/mol. The summed E-state index contributed by atoms with van der Waals surface area (Å²) in [6.07, 6.45) is 3.67. The molecule has 1 amide bonds. The van der Waals surface area contributed by atoms with Crippen molar-refractivity contribution in [2.45, 2.75) is 13.5 Å². The van der Waals surface area contributed by atoms with Crippen molar-refractivity contribution in [3.05, 3.63) is 75.7 Å². The first-order valence-corrected chi connectivity index (χ1v) is 9.83. The molecule has 4 aromatic rings. The van der Waals surface area contributed by atoms with Gasteiger partial charge < -0.3 is 5.32 Å². The van der Waals surface area contributed by atoms with Crippen LogP contribution in [0.3, 0.4) is 0 Å². The number of carbonyl (C=O) groups is 1. The molecule has 0 aliphatic rings. The van der Waals surface area contributed by atoms with Gasteiger partial charge >= 0.3 is 0 Å². The number of benzene rings is 1. The molecule has 3 aromatic heterocycles. The Labute approximate surface area is 159 Å². The summed E-state index contributed by atoms with van der Waals surface area (Å²) in [5.74, 6) is -0.127. The van der Waals surface area contributed by atoms with E-state index in [0.717, 1.165) is 27.5 Å². The summed E-state index contributed by atoms with van der Waals surface area (Å²) in [5, 5.41) is 12.1. The lowest BCUT2D eigenvalue weighted by molar-refractivity contribution is 0.103. The monoisotopic (exact) mass is 380 g/mol. The van der Waals surface area contributed by atoms with Gasteiger partial charge in [0, 0.05) is 29.0 Å². The molecule has 130 valence electrons. The van der Waals surface area contributed by atoms with Crippen molar-refractivity contribution in [3.8, 4) is 10.6 Å². The summed E-state index contributed by atoms with van der Waals surface area (Å²) in [7, 11) is 0. The molecule has 0 saturated carbocycles. The van der Waals surface area contributed by atoms with Crippen LogP contribution in [0.2, 0.25) is 0 Å². The number of rotatable bonds is 5. The van der Waals surface area contributed by atoms with Crippen molar-refractivity contribution in [2.75, 3.05) is 5.32 Å². The highest BCUT2D eigenvalue weighted by atomic mass is 32.1. The third-order valence-corrected chi connectivity index (χ3v) is 5.75. The Morgan fingerprint density at radius 3 is 2.96 bits per heavy atom. The van der Waals surface area contributed by atoms with Gasteiger partial charge in [-0.05, 0) is 42.1 Å². The second-order valence-corrected chi connectivity index (χ2v) is 7.58. The fourth-order valence-corrected chi connectivity index (χ4v) is 4.31. The highest BCUT2D eigenvalue weighted by Gasteiger charge is 2.16. The van der Waals surface area contributed by atoms with E-state index in [0.29, 0.717) is 11.4 Å². The summed E-state index contributed by atoms with van der Waals surface area (Å²) >= 11 is 3.04. The van der Waals surface area contributed by atoms with E-state index < -0.39 is 0 Å². The highest BCUT2D eigenvalue weighted by molar-refractivity contribution is 7.17. The van der Waals surface area contributed by atoms with Gasteiger partial charge in [-0.2, -0.15) is 16.4 Å². The number of nitrogens with zero attached hydrogens (tertiary/aromatic N) is 3. The molecule has 0 aliphatic carbocycles. The van der Waals surface area contributed by atoms with E-state index in [2.05, 4.69) is 15.4 Å². The van der Waals surface area contributed by atoms with E-state index in [1.54, 1.807) is 17.5 Å². The first-order valence-electron chi connectivity index (χ1n) is 8.07. The van der Waals surface area contributed by atoms with Crippen molar-refractivity contribution in [2.24, 2.45) is 0 Å². The minimum Gasteiger partial charge on any atom is -0.321 e. The van der Waals surface area contributed by atoms with Crippen LogP contribution < -0.4 is 5.32 Å². The van der Waals surface area contributed by atoms with Crippen LogP contribution in [0.5, 0.6) is 0 Å². The Morgan fingerprint density at radius 1 is 1.27 bits per heavy atom. The van der Waals surface area contributed by atoms with Crippen LogP contribution in [0.1, 0.15) is 20.9 Å². The first-order chi connectivity index (χ1) is 12.7. The number of nitrogens with one attached hydrogen (secondary N) is 1. The van der Waals surface area contributed by atoms with E-state index in [4.69, 9.17) is 0 Å². The molecule has 0 aliphatic heterocycles. The van der Waals surface area contributed by atoms with E-state index in [9.17, 15) is 4.79 Å². The Morgan fingerprint density at radius 2 is 2.19 bits per heavy atom. The maximum atomic E-state index is 12.7. The molecule has 0 saturated heterocycles. The lowest BCUT2D eigenvalue weighted by atomic mass is 10.2. The number of aromatic nitrogens is 3. The number of hydrogen-bond donors (Lipinski definition) is 1. The first kappa shape index (κ1) is 16.7. The van der Waals surface area contributed by atoms with Gasteiger partial charge in [0.1, 0.15) is 9.88 Å². The van der Waals surface area contributed by atoms with Gasteiger partial charge in [-0.1, -0.05) is 12.1 Å². The number of anilines is 1. The molecule has 7 heteroatoms. The van der Waals surface area contributed by atoms with Gasteiger partial charge in [-0.3, -0.25) is 9.48 Å². The second kappa shape index (κ2) is 7.23. The summed E-state index contributed by atoms with van der Waals surface area (Å²) in [5.41, 5.74) is 3.65. The van der Waals surface area contributed by atoms with Crippen LogP contribution in [0.15, 0.2) is 59.6 Å². The maximum Gasteiger partial charge on any atom is 0.267 e. The van der Waals surface area contributed by atoms with Gasteiger partial charge in [-0.15, -0.1) is 11.3 Å². The van der Waals surface area contributed by atoms with Crippen molar-refractivity contribution >= 4 is 34.3 Å². The largest absolute Gasteiger partial charge is 0.321 e. The summed E-state index contributed by atoms with van der Waals surface area (Å²) < 4.78 is 1.85. The van der Waals surface area contributed by atoms with Crippen molar-refractivity contribution in [1.29, 1.82) is 0 Å². The number of thiophene rings is 1. The number of hydrogen-bond acceptors (Lipinski definition) is 5. The molecule has 5 nitrogen and oxygen atoms in total.